The summed E-state index contributed by atoms with van der Waals surface area (Å²) in [7, 11) is 1.62. The number of methoxy groups -OCH3 is 1. The predicted octanol–water partition coefficient (Wildman–Crippen LogP) is 5.36. The van der Waals surface area contributed by atoms with Crippen molar-refractivity contribution >= 4 is 29.2 Å². The second-order valence-corrected chi connectivity index (χ2v) is 9.70. The van der Waals surface area contributed by atoms with Crippen molar-refractivity contribution in [1.82, 2.24) is 9.80 Å². The standard InChI is InChI=1S/C26H29ClF3N3O4/c1-17-13-33(24(34)21-10-9-20(12-22(21)27)37-16-26(28,29)30)23-8-4-3-6-18(23)14-32(17)25(35)31-11-5-7-19(31)15-36-2/h3-4,6,8-10,12,17,19H,5,7,11,13-16H2,1-2H3. The van der Waals surface area contributed by atoms with Crippen LogP contribution in [0, 0.1) is 0 Å². The van der Waals surface area contributed by atoms with Gasteiger partial charge in [0.15, 0.2) is 6.61 Å². The van der Waals surface area contributed by atoms with E-state index in [1.54, 1.807) is 16.9 Å². The highest BCUT2D eigenvalue weighted by molar-refractivity contribution is 6.34. The van der Waals surface area contributed by atoms with Crippen molar-refractivity contribution < 1.29 is 32.2 Å². The van der Waals surface area contributed by atoms with E-state index in [-0.39, 0.29) is 41.0 Å². The lowest BCUT2D eigenvalue weighted by Crippen LogP contribution is -2.51. The van der Waals surface area contributed by atoms with E-state index in [9.17, 15) is 22.8 Å². The van der Waals surface area contributed by atoms with Crippen LogP contribution in [-0.2, 0) is 11.3 Å². The van der Waals surface area contributed by atoms with E-state index in [1.165, 1.54) is 18.2 Å². The lowest BCUT2D eigenvalue weighted by molar-refractivity contribution is -0.153. The normalized spacial score (nSPS) is 20.0. The Balaban J connectivity index is 1.59. The molecule has 3 amide bonds. The number of carbonyl (C=O) groups excluding carboxylic acids is 2. The first-order valence-electron chi connectivity index (χ1n) is 12.0. The number of amides is 3. The van der Waals surface area contributed by atoms with Crippen molar-refractivity contribution in [3.63, 3.8) is 0 Å². The van der Waals surface area contributed by atoms with E-state index < -0.39 is 18.7 Å². The maximum atomic E-state index is 13.7. The number of ether oxygens (including phenoxy) is 2. The van der Waals surface area contributed by atoms with Gasteiger partial charge in [0.05, 0.1) is 23.2 Å². The molecule has 37 heavy (non-hydrogen) atoms. The van der Waals surface area contributed by atoms with Crippen LogP contribution in [0.2, 0.25) is 5.02 Å². The Morgan fingerprint density at radius 3 is 2.59 bits per heavy atom. The van der Waals surface area contributed by atoms with Gasteiger partial charge in [0.2, 0.25) is 0 Å². The Kier molecular flexibility index (Phi) is 8.18. The van der Waals surface area contributed by atoms with Gasteiger partial charge in [0, 0.05) is 38.5 Å². The highest BCUT2D eigenvalue weighted by Crippen LogP contribution is 2.33. The Hall–Kier alpha value is -2.98. The van der Waals surface area contributed by atoms with Gasteiger partial charge >= 0.3 is 12.2 Å². The van der Waals surface area contributed by atoms with Gasteiger partial charge in [-0.15, -0.1) is 0 Å². The van der Waals surface area contributed by atoms with E-state index in [0.29, 0.717) is 25.4 Å². The third-order valence-corrected chi connectivity index (χ3v) is 6.96. The largest absolute Gasteiger partial charge is 0.484 e. The van der Waals surface area contributed by atoms with Gasteiger partial charge in [0.25, 0.3) is 5.91 Å². The SMILES string of the molecule is COCC1CCCN1C(=O)N1Cc2ccccc2N(C(=O)c2ccc(OCC(F)(F)F)cc2Cl)CC1C. The monoisotopic (exact) mass is 539 g/mol. The summed E-state index contributed by atoms with van der Waals surface area (Å²) < 4.78 is 47.6. The first-order chi connectivity index (χ1) is 17.6. The van der Waals surface area contributed by atoms with Crippen LogP contribution < -0.4 is 9.64 Å². The van der Waals surface area contributed by atoms with E-state index in [2.05, 4.69) is 0 Å². The molecule has 200 valence electrons. The van der Waals surface area contributed by atoms with E-state index in [4.69, 9.17) is 21.1 Å². The summed E-state index contributed by atoms with van der Waals surface area (Å²) in [6.45, 7) is 2.09. The van der Waals surface area contributed by atoms with Gasteiger partial charge in [-0.1, -0.05) is 29.8 Å². The van der Waals surface area contributed by atoms with Crippen LogP contribution in [0.4, 0.5) is 23.7 Å². The number of benzene rings is 2. The van der Waals surface area contributed by atoms with Crippen LogP contribution in [0.25, 0.3) is 0 Å². The van der Waals surface area contributed by atoms with Crippen molar-refractivity contribution in [2.45, 2.75) is 44.6 Å². The summed E-state index contributed by atoms with van der Waals surface area (Å²) in [5.41, 5.74) is 1.58. The average molecular weight is 540 g/mol. The van der Waals surface area contributed by atoms with E-state index in [1.807, 2.05) is 36.1 Å². The number of fused-ring (bicyclic) bond motifs is 1. The minimum absolute atomic E-state index is 0.0119. The van der Waals surface area contributed by atoms with Crippen molar-refractivity contribution in [2.75, 3.05) is 38.3 Å². The van der Waals surface area contributed by atoms with Crippen LogP contribution in [-0.4, -0.2) is 73.4 Å². The van der Waals surface area contributed by atoms with Gasteiger partial charge in [-0.25, -0.2) is 4.79 Å². The zero-order valence-electron chi connectivity index (χ0n) is 20.6. The number of likely N-dealkylation sites (tertiary alicyclic amines) is 1. The molecular weight excluding hydrogens is 511 g/mol. The zero-order valence-corrected chi connectivity index (χ0v) is 21.4. The third kappa shape index (κ3) is 6.13. The fourth-order valence-corrected chi connectivity index (χ4v) is 5.10. The number of alkyl halides is 3. The van der Waals surface area contributed by atoms with E-state index in [0.717, 1.165) is 18.4 Å². The average Bonchev–Trinajstić information content (AvgIpc) is 3.26. The van der Waals surface area contributed by atoms with Crippen LogP contribution in [0.3, 0.4) is 0 Å². The lowest BCUT2D eigenvalue weighted by atomic mass is 10.1. The number of urea groups is 1. The molecule has 0 radical (unpaired) electrons. The van der Waals surface area contributed by atoms with Crippen LogP contribution in [0.15, 0.2) is 42.5 Å². The number of anilines is 1. The summed E-state index contributed by atoms with van der Waals surface area (Å²) in [5, 5.41) is -0.0218. The van der Waals surface area contributed by atoms with Crippen molar-refractivity contribution in [3.8, 4) is 5.75 Å². The van der Waals surface area contributed by atoms with Crippen molar-refractivity contribution in [2.24, 2.45) is 0 Å². The van der Waals surface area contributed by atoms with Crippen LogP contribution in [0.5, 0.6) is 5.75 Å². The number of nitrogens with zero attached hydrogens (tertiary/aromatic N) is 3. The summed E-state index contributed by atoms with van der Waals surface area (Å²) in [4.78, 5) is 32.5. The number of rotatable bonds is 5. The molecule has 1 fully saturated rings. The summed E-state index contributed by atoms with van der Waals surface area (Å²) >= 11 is 6.32. The van der Waals surface area contributed by atoms with E-state index >= 15 is 0 Å². The number of para-hydroxylation sites is 1. The molecule has 0 spiro atoms. The number of halogens is 4. The third-order valence-electron chi connectivity index (χ3n) is 6.65. The summed E-state index contributed by atoms with van der Waals surface area (Å²) in [6.07, 6.45) is -2.70. The second kappa shape index (κ2) is 11.2. The molecule has 0 aromatic heterocycles. The molecule has 2 atom stereocenters. The minimum Gasteiger partial charge on any atom is -0.484 e. The molecule has 2 heterocycles. The number of carbonyl (C=O) groups is 2. The van der Waals surface area contributed by atoms with Crippen LogP contribution in [0.1, 0.15) is 35.7 Å². The molecule has 4 rings (SSSR count). The van der Waals surface area contributed by atoms with Crippen LogP contribution >= 0.6 is 11.6 Å². The molecule has 2 aromatic rings. The Labute approximate surface area is 218 Å². The maximum Gasteiger partial charge on any atom is 0.422 e. The molecule has 11 heteroatoms. The molecular formula is C26H29ClF3N3O4. The second-order valence-electron chi connectivity index (χ2n) is 9.29. The lowest BCUT2D eigenvalue weighted by Gasteiger charge is -2.35. The van der Waals surface area contributed by atoms with Crippen molar-refractivity contribution in [3.05, 3.63) is 58.6 Å². The minimum atomic E-state index is -4.49. The van der Waals surface area contributed by atoms with Gasteiger partial charge < -0.3 is 24.2 Å². The van der Waals surface area contributed by atoms with Gasteiger partial charge in [-0.2, -0.15) is 13.2 Å². The summed E-state index contributed by atoms with van der Waals surface area (Å²) in [6, 6.07) is 10.8. The highest BCUT2D eigenvalue weighted by atomic mass is 35.5. The predicted molar refractivity (Wildman–Crippen MR) is 133 cm³/mol. The molecule has 2 unspecified atom stereocenters. The quantitative estimate of drug-likeness (QED) is 0.513. The topological polar surface area (TPSA) is 62.3 Å². The summed E-state index contributed by atoms with van der Waals surface area (Å²) in [5.74, 6) is -0.504. The number of hydrogen-bond acceptors (Lipinski definition) is 4. The Morgan fingerprint density at radius 1 is 1.14 bits per heavy atom. The molecule has 0 N–H and O–H groups in total. The van der Waals surface area contributed by atoms with Gasteiger partial charge in [-0.05, 0) is 49.6 Å². The molecule has 2 aromatic carbocycles. The fourth-order valence-electron chi connectivity index (χ4n) is 4.84. The molecule has 0 aliphatic carbocycles. The zero-order chi connectivity index (χ0) is 26.7. The first-order valence-corrected chi connectivity index (χ1v) is 12.4. The maximum absolute atomic E-state index is 13.7. The molecule has 2 aliphatic heterocycles. The highest BCUT2D eigenvalue weighted by Gasteiger charge is 2.37. The molecule has 7 nitrogen and oxygen atoms in total. The fraction of sp³-hybridized carbons (Fsp3) is 0.462. The smallest absolute Gasteiger partial charge is 0.422 e. The molecule has 0 bridgehead atoms. The molecule has 1 saturated heterocycles. The number of hydrogen-bond donors (Lipinski definition) is 0. The Morgan fingerprint density at radius 2 is 1.89 bits per heavy atom. The van der Waals surface area contributed by atoms with Crippen molar-refractivity contribution in [1.29, 1.82) is 0 Å². The van der Waals surface area contributed by atoms with Gasteiger partial charge in [-0.3, -0.25) is 4.79 Å². The van der Waals surface area contributed by atoms with Gasteiger partial charge in [0.1, 0.15) is 5.75 Å². The Bertz CT molecular complexity index is 1150. The first kappa shape index (κ1) is 27.1. The molecule has 0 saturated carbocycles. The molecule has 2 aliphatic rings.